The molecule has 0 spiro atoms. The number of allylic oxidation sites excluding steroid dienone is 5. The van der Waals surface area contributed by atoms with Crippen molar-refractivity contribution < 1.29 is 9.37 Å². The number of ketones is 1. The van der Waals surface area contributed by atoms with Crippen molar-refractivity contribution in [2.24, 2.45) is 5.92 Å². The first-order chi connectivity index (χ1) is 15.5. The van der Waals surface area contributed by atoms with E-state index in [2.05, 4.69) is 99.3 Å². The molecule has 1 heterocycles. The molecule has 170 valence electrons. The molecule has 0 unspecified atom stereocenters. The highest BCUT2D eigenvalue weighted by Crippen LogP contribution is 2.41. The summed E-state index contributed by atoms with van der Waals surface area (Å²) in [5.41, 5.74) is 8.34. The van der Waals surface area contributed by atoms with E-state index in [-0.39, 0.29) is 11.7 Å². The Kier molecular flexibility index (Phi) is 5.91. The molecule has 0 fully saturated rings. The third-order valence-electron chi connectivity index (χ3n) is 6.91. The SMILES string of the molecule is CC(C)C(=O)c1ccc(C2=C3C=CC(=[N+](C)C)C=C3[Si](C)(C)c3cc(N(C)C)ccc32)cc1. The van der Waals surface area contributed by atoms with E-state index in [1.165, 1.54) is 38.5 Å². The number of carbonyl (C=O) groups excluding carboxylic acids is 1. The average Bonchev–Trinajstić information content (AvgIpc) is 2.78. The summed E-state index contributed by atoms with van der Waals surface area (Å²) in [5, 5.41) is 2.93. The van der Waals surface area contributed by atoms with Crippen molar-refractivity contribution in [3.8, 4) is 0 Å². The van der Waals surface area contributed by atoms with Crippen molar-refractivity contribution >= 4 is 36.0 Å². The Labute approximate surface area is 199 Å². The van der Waals surface area contributed by atoms with Crippen LogP contribution in [0.5, 0.6) is 0 Å². The van der Waals surface area contributed by atoms with Gasteiger partial charge in [-0.25, -0.2) is 4.58 Å². The van der Waals surface area contributed by atoms with Gasteiger partial charge in [-0.2, -0.15) is 0 Å². The molecule has 0 radical (unpaired) electrons. The van der Waals surface area contributed by atoms with Gasteiger partial charge in [0.15, 0.2) is 11.5 Å². The van der Waals surface area contributed by atoms with Gasteiger partial charge < -0.3 is 4.90 Å². The number of benzene rings is 2. The highest BCUT2D eigenvalue weighted by Gasteiger charge is 2.40. The Morgan fingerprint density at radius 3 is 2.21 bits per heavy atom. The molecule has 2 aromatic rings. The van der Waals surface area contributed by atoms with Crippen molar-refractivity contribution in [1.29, 1.82) is 0 Å². The van der Waals surface area contributed by atoms with Crippen LogP contribution in [0.15, 0.2) is 71.5 Å². The molecule has 0 saturated carbocycles. The van der Waals surface area contributed by atoms with E-state index in [1.807, 2.05) is 26.0 Å². The molecule has 1 aliphatic carbocycles. The Balaban J connectivity index is 1.99. The zero-order chi connectivity index (χ0) is 24.1. The first-order valence-corrected chi connectivity index (χ1v) is 14.7. The Hall–Kier alpha value is -2.98. The van der Waals surface area contributed by atoms with Crippen LogP contribution in [-0.2, 0) is 0 Å². The van der Waals surface area contributed by atoms with E-state index in [0.717, 1.165) is 11.1 Å². The quantitative estimate of drug-likeness (QED) is 0.365. The molecule has 4 heteroatoms. The molecule has 3 nitrogen and oxygen atoms in total. The van der Waals surface area contributed by atoms with Gasteiger partial charge in [0, 0.05) is 43.4 Å². The number of hydrogen-bond acceptors (Lipinski definition) is 2. The number of fused-ring (bicyclic) bond motifs is 2. The summed E-state index contributed by atoms with van der Waals surface area (Å²) < 4.78 is 2.18. The van der Waals surface area contributed by atoms with Crippen molar-refractivity contribution in [2.75, 3.05) is 33.1 Å². The van der Waals surface area contributed by atoms with E-state index in [1.54, 1.807) is 0 Å². The number of rotatable bonds is 4. The summed E-state index contributed by atoms with van der Waals surface area (Å²) in [7, 11) is 6.48. The minimum atomic E-state index is -1.93. The first-order valence-electron chi connectivity index (χ1n) is 11.7. The predicted molar refractivity (Wildman–Crippen MR) is 144 cm³/mol. The molecular formula is C29H35N2OSi+. The van der Waals surface area contributed by atoms with E-state index >= 15 is 0 Å². The second-order valence-electron chi connectivity index (χ2n) is 10.3. The second kappa shape index (κ2) is 8.42. The second-order valence-corrected chi connectivity index (χ2v) is 14.7. The van der Waals surface area contributed by atoms with Crippen molar-refractivity contribution in [1.82, 2.24) is 0 Å². The average molecular weight is 456 g/mol. The molecule has 0 N–H and O–H groups in total. The molecule has 1 aliphatic heterocycles. The molecule has 0 amide bonds. The van der Waals surface area contributed by atoms with Crippen LogP contribution in [-0.4, -0.2) is 52.3 Å². The number of carbonyl (C=O) groups is 1. The van der Waals surface area contributed by atoms with Gasteiger partial charge in [-0.05, 0) is 50.9 Å². The van der Waals surface area contributed by atoms with Crippen LogP contribution >= 0.6 is 0 Å². The smallest absolute Gasteiger partial charge is 0.199 e. The van der Waals surface area contributed by atoms with Gasteiger partial charge >= 0.3 is 0 Å². The van der Waals surface area contributed by atoms with Crippen LogP contribution in [0.1, 0.15) is 35.3 Å². The third kappa shape index (κ3) is 3.97. The summed E-state index contributed by atoms with van der Waals surface area (Å²) in [5.74, 6) is 0.191. The Bertz CT molecular complexity index is 1250. The van der Waals surface area contributed by atoms with Gasteiger partial charge in [0.05, 0.1) is 0 Å². The fraction of sp³-hybridized carbons (Fsp3) is 0.310. The lowest BCUT2D eigenvalue weighted by molar-refractivity contribution is -0.462. The van der Waals surface area contributed by atoms with E-state index in [0.29, 0.717) is 0 Å². The number of Topliss-reactive ketones (excluding diaryl/α,β-unsaturated/α-hetero) is 1. The molecule has 33 heavy (non-hydrogen) atoms. The van der Waals surface area contributed by atoms with Gasteiger partial charge in [0.2, 0.25) is 0 Å². The fourth-order valence-corrected chi connectivity index (χ4v) is 7.90. The summed E-state index contributed by atoms with van der Waals surface area (Å²) in [6, 6.07) is 15.1. The molecule has 0 atom stereocenters. The molecule has 2 aliphatic rings. The van der Waals surface area contributed by atoms with Gasteiger partial charge in [-0.15, -0.1) is 0 Å². The zero-order valence-corrected chi connectivity index (χ0v) is 22.2. The number of hydrogen-bond donors (Lipinski definition) is 0. The minimum absolute atomic E-state index is 0.000318. The van der Waals surface area contributed by atoms with E-state index in [9.17, 15) is 4.79 Å². The monoisotopic (exact) mass is 455 g/mol. The fourth-order valence-electron chi connectivity index (χ4n) is 4.83. The van der Waals surface area contributed by atoms with E-state index < -0.39 is 8.07 Å². The zero-order valence-electron chi connectivity index (χ0n) is 21.2. The molecule has 4 rings (SSSR count). The van der Waals surface area contributed by atoms with Crippen molar-refractivity contribution in [3.05, 3.63) is 88.2 Å². The van der Waals surface area contributed by atoms with Gasteiger partial charge in [-0.3, -0.25) is 4.79 Å². The summed E-state index contributed by atoms with van der Waals surface area (Å²) in [6.45, 7) is 8.83. The Morgan fingerprint density at radius 2 is 1.64 bits per heavy atom. The third-order valence-corrected chi connectivity index (χ3v) is 10.4. The lowest BCUT2D eigenvalue weighted by Gasteiger charge is -2.38. The molecule has 0 aromatic heterocycles. The minimum Gasteiger partial charge on any atom is -0.378 e. The van der Waals surface area contributed by atoms with E-state index in [4.69, 9.17) is 0 Å². The molecular weight excluding hydrogens is 420 g/mol. The van der Waals surface area contributed by atoms with Crippen LogP contribution in [0, 0.1) is 5.92 Å². The number of nitrogens with zero attached hydrogens (tertiary/aromatic N) is 2. The molecule has 2 aromatic carbocycles. The summed E-state index contributed by atoms with van der Waals surface area (Å²) in [6.07, 6.45) is 6.91. The van der Waals surface area contributed by atoms with Gasteiger partial charge in [-0.1, -0.05) is 57.3 Å². The highest BCUT2D eigenvalue weighted by atomic mass is 28.3. The van der Waals surface area contributed by atoms with Gasteiger partial charge in [0.1, 0.15) is 22.2 Å². The van der Waals surface area contributed by atoms with Crippen molar-refractivity contribution in [2.45, 2.75) is 26.9 Å². The van der Waals surface area contributed by atoms with Crippen LogP contribution < -0.4 is 10.1 Å². The maximum Gasteiger partial charge on any atom is 0.199 e. The highest BCUT2D eigenvalue weighted by molar-refractivity contribution is 6.98. The van der Waals surface area contributed by atoms with Crippen LogP contribution in [0.2, 0.25) is 13.1 Å². The summed E-state index contributed by atoms with van der Waals surface area (Å²) in [4.78, 5) is 14.7. The topological polar surface area (TPSA) is 23.3 Å². The Morgan fingerprint density at radius 1 is 0.970 bits per heavy atom. The van der Waals surface area contributed by atoms with Crippen LogP contribution in [0.3, 0.4) is 0 Å². The number of anilines is 1. The van der Waals surface area contributed by atoms with Crippen LogP contribution in [0.4, 0.5) is 5.69 Å². The first kappa shape index (κ1) is 23.2. The van der Waals surface area contributed by atoms with Gasteiger partial charge in [0.25, 0.3) is 0 Å². The predicted octanol–water partition coefficient (Wildman–Crippen LogP) is 5.07. The lowest BCUT2D eigenvalue weighted by atomic mass is 9.88. The maximum absolute atomic E-state index is 12.5. The van der Waals surface area contributed by atoms with Crippen LogP contribution in [0.25, 0.3) is 5.57 Å². The largest absolute Gasteiger partial charge is 0.378 e. The molecule has 0 saturated heterocycles. The summed E-state index contributed by atoms with van der Waals surface area (Å²) >= 11 is 0. The standard InChI is InChI=1S/C29H35N2OSi/c1-19(2)29(32)21-11-9-20(10-12-21)28-24-15-13-22(30(3)4)17-26(24)33(7,8)27-18-23(31(5)6)14-16-25(27)28/h9-19H,1-8H3/q+1. The normalized spacial score (nSPS) is 16.4. The maximum atomic E-state index is 12.5. The van der Waals surface area contributed by atoms with Crippen molar-refractivity contribution in [3.63, 3.8) is 0 Å². The molecule has 0 bridgehead atoms. The lowest BCUT2D eigenvalue weighted by Crippen LogP contribution is -2.49.